The first kappa shape index (κ1) is 17.2. The van der Waals surface area contributed by atoms with Gasteiger partial charge in [0.25, 0.3) is 0 Å². The number of carbonyl (C=O) groups is 4. The first-order valence-electron chi connectivity index (χ1n) is 5.98. The van der Waals surface area contributed by atoms with Gasteiger partial charge in [0.05, 0.1) is 0 Å². The van der Waals surface area contributed by atoms with Gasteiger partial charge >= 0.3 is 6.09 Å². The molecule has 108 valence electrons. The predicted molar refractivity (Wildman–Crippen MR) is 65.3 cm³/mol. The van der Waals surface area contributed by atoms with Gasteiger partial charge in [0, 0.05) is 25.2 Å². The minimum absolute atomic E-state index is 0.0346. The molecule has 2 amide bonds. The fourth-order valence-electron chi connectivity index (χ4n) is 1.08. The molecule has 2 N–H and O–H groups in total. The Kier molecular flexibility index (Phi) is 8.35. The Morgan fingerprint density at radius 3 is 2.26 bits per heavy atom. The van der Waals surface area contributed by atoms with Crippen molar-refractivity contribution in [3.63, 3.8) is 0 Å². The summed E-state index contributed by atoms with van der Waals surface area (Å²) in [6.07, 6.45) is -1.18. The summed E-state index contributed by atoms with van der Waals surface area (Å²) in [5, 5.41) is 10.4. The Hall–Kier alpha value is -1.76. The standard InChI is InChI=1S/C12H19NO6/c1-8(2)10(16)5-6-19-12(18)13-11(17)4-3-9(15)7-14/h8,14H,3-7H2,1-2H3,(H,13,17,18). The predicted octanol–water partition coefficient (Wildman–Crippen LogP) is 0.196. The van der Waals surface area contributed by atoms with E-state index in [9.17, 15) is 19.2 Å². The molecule has 0 aromatic heterocycles. The number of hydrogen-bond acceptors (Lipinski definition) is 6. The van der Waals surface area contributed by atoms with E-state index in [0.717, 1.165) is 0 Å². The van der Waals surface area contributed by atoms with E-state index in [1.165, 1.54) is 0 Å². The molecule has 0 aliphatic heterocycles. The molecule has 0 aliphatic rings. The zero-order chi connectivity index (χ0) is 14.8. The minimum atomic E-state index is -0.946. The number of rotatable bonds is 8. The summed E-state index contributed by atoms with van der Waals surface area (Å²) in [6.45, 7) is 2.76. The van der Waals surface area contributed by atoms with Gasteiger partial charge < -0.3 is 9.84 Å². The van der Waals surface area contributed by atoms with Crippen LogP contribution >= 0.6 is 0 Å². The van der Waals surface area contributed by atoms with E-state index in [2.05, 4.69) is 4.74 Å². The van der Waals surface area contributed by atoms with Crippen molar-refractivity contribution in [3.8, 4) is 0 Å². The van der Waals surface area contributed by atoms with E-state index in [1.54, 1.807) is 13.8 Å². The molecule has 0 aromatic rings. The lowest BCUT2D eigenvalue weighted by Gasteiger charge is -2.06. The normalized spacial score (nSPS) is 10.1. The highest BCUT2D eigenvalue weighted by Crippen LogP contribution is 1.99. The molecule has 0 unspecified atom stereocenters. The number of alkyl carbamates (subject to hydrolysis) is 1. The Labute approximate surface area is 111 Å². The molecule has 7 heteroatoms. The smallest absolute Gasteiger partial charge is 0.413 e. The molecule has 0 atom stereocenters. The second-order valence-electron chi connectivity index (χ2n) is 4.25. The van der Waals surface area contributed by atoms with E-state index in [1.807, 2.05) is 5.32 Å². The first-order valence-corrected chi connectivity index (χ1v) is 5.98. The minimum Gasteiger partial charge on any atom is -0.449 e. The van der Waals surface area contributed by atoms with Crippen molar-refractivity contribution in [3.05, 3.63) is 0 Å². The van der Waals surface area contributed by atoms with Gasteiger partial charge in [-0.3, -0.25) is 19.7 Å². The van der Waals surface area contributed by atoms with Crippen LogP contribution in [-0.2, 0) is 19.1 Å². The van der Waals surface area contributed by atoms with Gasteiger partial charge in [-0.05, 0) is 0 Å². The van der Waals surface area contributed by atoms with Gasteiger partial charge in [0.1, 0.15) is 19.0 Å². The Morgan fingerprint density at radius 2 is 1.74 bits per heavy atom. The fourth-order valence-corrected chi connectivity index (χ4v) is 1.08. The average molecular weight is 273 g/mol. The van der Waals surface area contributed by atoms with Crippen molar-refractivity contribution in [2.24, 2.45) is 5.92 Å². The fraction of sp³-hybridized carbons (Fsp3) is 0.667. The van der Waals surface area contributed by atoms with Gasteiger partial charge in [-0.15, -0.1) is 0 Å². The molecule has 7 nitrogen and oxygen atoms in total. The molecule has 19 heavy (non-hydrogen) atoms. The van der Waals surface area contributed by atoms with Gasteiger partial charge in [-0.25, -0.2) is 4.79 Å². The van der Waals surface area contributed by atoms with Gasteiger partial charge in [0.15, 0.2) is 5.78 Å². The van der Waals surface area contributed by atoms with E-state index < -0.39 is 24.4 Å². The maximum absolute atomic E-state index is 11.2. The average Bonchev–Trinajstić information content (AvgIpc) is 2.35. The second kappa shape index (κ2) is 9.21. The summed E-state index contributed by atoms with van der Waals surface area (Å²) in [7, 11) is 0. The van der Waals surface area contributed by atoms with E-state index >= 15 is 0 Å². The lowest BCUT2D eigenvalue weighted by atomic mass is 10.1. The SMILES string of the molecule is CC(C)C(=O)CCOC(=O)NC(=O)CCC(=O)CO. The second-order valence-corrected chi connectivity index (χ2v) is 4.25. The Balaban J connectivity index is 3.77. The molecule has 0 fully saturated rings. The molecule has 0 radical (unpaired) electrons. The van der Waals surface area contributed by atoms with E-state index in [0.29, 0.717) is 0 Å². The molecular weight excluding hydrogens is 254 g/mol. The third kappa shape index (κ3) is 8.90. The summed E-state index contributed by atoms with van der Waals surface area (Å²) in [6, 6.07) is 0. The summed E-state index contributed by atoms with van der Waals surface area (Å²) >= 11 is 0. The van der Waals surface area contributed by atoms with Crippen LogP contribution in [0.15, 0.2) is 0 Å². The van der Waals surface area contributed by atoms with Gasteiger partial charge in [0.2, 0.25) is 5.91 Å². The molecule has 0 aromatic carbocycles. The zero-order valence-electron chi connectivity index (χ0n) is 11.1. The van der Waals surface area contributed by atoms with Crippen molar-refractivity contribution in [2.45, 2.75) is 33.1 Å². The molecule has 0 bridgehead atoms. The molecule has 0 rings (SSSR count). The number of imide groups is 1. The third-order valence-corrected chi connectivity index (χ3v) is 2.27. The van der Waals surface area contributed by atoms with Crippen LogP contribution in [-0.4, -0.2) is 41.9 Å². The summed E-state index contributed by atoms with van der Waals surface area (Å²) < 4.78 is 4.64. The van der Waals surface area contributed by atoms with Crippen molar-refractivity contribution in [2.75, 3.05) is 13.2 Å². The molecule has 0 heterocycles. The van der Waals surface area contributed by atoms with Crippen LogP contribution < -0.4 is 5.32 Å². The lowest BCUT2D eigenvalue weighted by molar-refractivity contribution is -0.126. The lowest BCUT2D eigenvalue weighted by Crippen LogP contribution is -2.32. The number of aliphatic hydroxyl groups is 1. The highest BCUT2D eigenvalue weighted by Gasteiger charge is 2.12. The number of amides is 2. The monoisotopic (exact) mass is 273 g/mol. The molecular formula is C12H19NO6. The topological polar surface area (TPSA) is 110 Å². The zero-order valence-corrected chi connectivity index (χ0v) is 11.1. The van der Waals surface area contributed by atoms with Gasteiger partial charge in [-0.1, -0.05) is 13.8 Å². The van der Waals surface area contributed by atoms with Crippen LogP contribution in [0.4, 0.5) is 4.79 Å². The van der Waals surface area contributed by atoms with E-state index in [4.69, 9.17) is 5.11 Å². The van der Waals surface area contributed by atoms with Crippen LogP contribution in [0.3, 0.4) is 0 Å². The quantitative estimate of drug-likeness (QED) is 0.653. The molecule has 0 aliphatic carbocycles. The first-order chi connectivity index (χ1) is 8.86. The highest BCUT2D eigenvalue weighted by molar-refractivity contribution is 5.94. The number of aliphatic hydroxyl groups excluding tert-OH is 1. The number of ether oxygens (including phenoxy) is 1. The molecule has 0 spiro atoms. The van der Waals surface area contributed by atoms with Crippen LogP contribution in [0.5, 0.6) is 0 Å². The highest BCUT2D eigenvalue weighted by atomic mass is 16.5. The van der Waals surface area contributed by atoms with Crippen LogP contribution in [0.25, 0.3) is 0 Å². The third-order valence-electron chi connectivity index (χ3n) is 2.27. The van der Waals surface area contributed by atoms with Crippen molar-refractivity contribution >= 4 is 23.6 Å². The number of hydrogen-bond donors (Lipinski definition) is 2. The number of ketones is 2. The van der Waals surface area contributed by atoms with Gasteiger partial charge in [-0.2, -0.15) is 0 Å². The van der Waals surface area contributed by atoms with Crippen LogP contribution in [0.1, 0.15) is 33.1 Å². The number of carbonyl (C=O) groups excluding carboxylic acids is 4. The number of Topliss-reactive ketones (excluding diaryl/α,β-unsaturated/α-hetero) is 2. The maximum atomic E-state index is 11.2. The maximum Gasteiger partial charge on any atom is 0.413 e. The van der Waals surface area contributed by atoms with Crippen molar-refractivity contribution < 1.29 is 29.0 Å². The van der Waals surface area contributed by atoms with E-state index in [-0.39, 0.29) is 37.6 Å². The van der Waals surface area contributed by atoms with Crippen LogP contribution in [0.2, 0.25) is 0 Å². The molecule has 0 saturated heterocycles. The Morgan fingerprint density at radius 1 is 1.11 bits per heavy atom. The summed E-state index contributed by atoms with van der Waals surface area (Å²) in [5.74, 6) is -1.31. The summed E-state index contributed by atoms with van der Waals surface area (Å²) in [4.78, 5) is 44.2. The Bertz CT molecular complexity index is 350. The van der Waals surface area contributed by atoms with Crippen LogP contribution in [0, 0.1) is 5.92 Å². The largest absolute Gasteiger partial charge is 0.449 e. The summed E-state index contributed by atoms with van der Waals surface area (Å²) in [5.41, 5.74) is 0. The van der Waals surface area contributed by atoms with Crippen molar-refractivity contribution in [1.82, 2.24) is 5.32 Å². The van der Waals surface area contributed by atoms with Crippen molar-refractivity contribution in [1.29, 1.82) is 0 Å². The molecule has 0 saturated carbocycles. The number of nitrogens with one attached hydrogen (secondary N) is 1.